The lowest BCUT2D eigenvalue weighted by atomic mass is 10.1. The van der Waals surface area contributed by atoms with Crippen LogP contribution in [0.2, 0.25) is 0 Å². The molecule has 0 bridgehead atoms. The van der Waals surface area contributed by atoms with Crippen molar-refractivity contribution < 1.29 is 4.79 Å². The van der Waals surface area contributed by atoms with Crippen molar-refractivity contribution >= 4 is 5.91 Å². The summed E-state index contributed by atoms with van der Waals surface area (Å²) < 4.78 is 0. The molecule has 0 aliphatic carbocycles. The van der Waals surface area contributed by atoms with Gasteiger partial charge in [-0.3, -0.25) is 4.79 Å². The number of nitrogens with one attached hydrogen (secondary N) is 6. The molecule has 0 saturated heterocycles. The highest BCUT2D eigenvalue weighted by molar-refractivity contribution is 5.81. The van der Waals surface area contributed by atoms with E-state index in [1.165, 1.54) is 0 Å². The molecule has 0 saturated carbocycles. The van der Waals surface area contributed by atoms with Crippen LogP contribution in [0.15, 0.2) is 0 Å². The molecule has 35 heavy (non-hydrogen) atoms. The van der Waals surface area contributed by atoms with E-state index in [1.54, 1.807) is 0 Å². The minimum absolute atomic E-state index is 0.0620. The molecule has 11 heteroatoms. The Hall–Kier alpha value is -0.890. The zero-order valence-corrected chi connectivity index (χ0v) is 22.2. The summed E-state index contributed by atoms with van der Waals surface area (Å²) in [5.41, 5.74) is 22.3. The number of rotatable bonds is 28. The largest absolute Gasteiger partial charge is 0.353 e. The van der Waals surface area contributed by atoms with Gasteiger partial charge < -0.3 is 54.8 Å². The Kier molecular flexibility index (Phi) is 27.0. The summed E-state index contributed by atoms with van der Waals surface area (Å²) in [4.78, 5) is 12.7. The molecule has 0 spiro atoms. The first-order valence-electron chi connectivity index (χ1n) is 13.9. The zero-order valence-electron chi connectivity index (χ0n) is 22.2. The molecule has 210 valence electrons. The molecule has 0 aliphatic heterocycles. The molecule has 2 atom stereocenters. The molecule has 1 amide bonds. The van der Waals surface area contributed by atoms with Crippen LogP contribution in [0.5, 0.6) is 0 Å². The summed E-state index contributed by atoms with van der Waals surface area (Å²) in [7, 11) is 0. The number of amides is 1. The first-order valence-corrected chi connectivity index (χ1v) is 13.9. The van der Waals surface area contributed by atoms with E-state index in [9.17, 15) is 4.79 Å². The minimum atomic E-state index is -0.185. The van der Waals surface area contributed by atoms with Gasteiger partial charge in [0.25, 0.3) is 0 Å². The van der Waals surface area contributed by atoms with Crippen LogP contribution < -0.4 is 54.8 Å². The lowest BCUT2D eigenvalue weighted by molar-refractivity contribution is -0.123. The molecule has 0 aromatic heterocycles. The van der Waals surface area contributed by atoms with Crippen LogP contribution in [0.25, 0.3) is 0 Å². The van der Waals surface area contributed by atoms with Gasteiger partial charge in [0.15, 0.2) is 0 Å². The smallest absolute Gasteiger partial charge is 0.237 e. The van der Waals surface area contributed by atoms with Gasteiger partial charge in [-0.05, 0) is 117 Å². The van der Waals surface area contributed by atoms with E-state index in [1.807, 2.05) is 0 Å². The molecule has 0 aromatic carbocycles. The highest BCUT2D eigenvalue weighted by atomic mass is 16.2. The van der Waals surface area contributed by atoms with Crippen LogP contribution in [-0.2, 0) is 4.79 Å². The van der Waals surface area contributed by atoms with Crippen LogP contribution in [0, 0.1) is 0 Å². The third-order valence-electron chi connectivity index (χ3n) is 5.76. The molecule has 0 aliphatic rings. The number of hydrogen-bond donors (Lipinski definition) is 10. The predicted octanol–water partition coefficient (Wildman–Crippen LogP) is -2.26. The van der Waals surface area contributed by atoms with Gasteiger partial charge in [-0.1, -0.05) is 0 Å². The normalized spacial score (nSPS) is 13.1. The Balaban J connectivity index is 4.21. The average Bonchev–Trinajstić information content (AvgIpc) is 2.86. The lowest BCUT2D eigenvalue weighted by Crippen LogP contribution is -2.47. The van der Waals surface area contributed by atoms with Crippen molar-refractivity contribution in [2.24, 2.45) is 22.9 Å². The van der Waals surface area contributed by atoms with Gasteiger partial charge in [-0.25, -0.2) is 0 Å². The molecule has 11 nitrogen and oxygen atoms in total. The van der Waals surface area contributed by atoms with Crippen molar-refractivity contribution in [3.05, 3.63) is 0 Å². The highest BCUT2D eigenvalue weighted by Crippen LogP contribution is 1.98. The van der Waals surface area contributed by atoms with Gasteiger partial charge in [0.2, 0.25) is 5.91 Å². The summed E-state index contributed by atoms with van der Waals surface area (Å²) >= 11 is 0. The maximum atomic E-state index is 12.7. The van der Waals surface area contributed by atoms with Crippen molar-refractivity contribution in [1.82, 2.24) is 31.9 Å². The summed E-state index contributed by atoms with van der Waals surface area (Å²) in [6, 6.07) is 0.210. The molecular formula is C24H58N10O. The highest BCUT2D eigenvalue weighted by Gasteiger charge is 2.16. The molecule has 14 N–H and O–H groups in total. The maximum Gasteiger partial charge on any atom is 0.237 e. The Morgan fingerprint density at radius 2 is 1.06 bits per heavy atom. The van der Waals surface area contributed by atoms with E-state index < -0.39 is 0 Å². The number of carbonyl (C=O) groups is 1. The van der Waals surface area contributed by atoms with Crippen LogP contribution in [0.4, 0.5) is 0 Å². The van der Waals surface area contributed by atoms with Crippen molar-refractivity contribution in [2.45, 2.75) is 63.5 Å². The van der Waals surface area contributed by atoms with E-state index in [-0.39, 0.29) is 11.9 Å². The van der Waals surface area contributed by atoms with E-state index >= 15 is 0 Å². The summed E-state index contributed by atoms with van der Waals surface area (Å²) in [6.45, 7) is 10.5. The quantitative estimate of drug-likeness (QED) is 0.0522. The number of nitrogens with two attached hydrogens (primary N) is 4. The SMILES string of the molecule is NCCCNCCCC(CNCCNC(=O)C(CCCNCCCN)NCCCN)NCCCN. The van der Waals surface area contributed by atoms with Gasteiger partial charge in [-0.2, -0.15) is 0 Å². The summed E-state index contributed by atoms with van der Waals surface area (Å²) in [5, 5.41) is 20.3. The molecule has 0 aromatic rings. The fourth-order valence-electron chi connectivity index (χ4n) is 3.67. The van der Waals surface area contributed by atoms with Crippen molar-refractivity contribution in [1.29, 1.82) is 0 Å². The van der Waals surface area contributed by atoms with Crippen molar-refractivity contribution in [3.8, 4) is 0 Å². The Morgan fingerprint density at radius 1 is 0.543 bits per heavy atom. The van der Waals surface area contributed by atoms with Gasteiger partial charge in [0, 0.05) is 25.7 Å². The second-order valence-corrected chi connectivity index (χ2v) is 9.01. The van der Waals surface area contributed by atoms with Crippen LogP contribution in [0.3, 0.4) is 0 Å². The molecule has 0 fully saturated rings. The molecular weight excluding hydrogens is 444 g/mol. The Bertz CT molecular complexity index is 445. The number of hydrogen-bond acceptors (Lipinski definition) is 10. The molecule has 0 rings (SSSR count). The Labute approximate surface area is 214 Å². The second-order valence-electron chi connectivity index (χ2n) is 9.01. The van der Waals surface area contributed by atoms with Gasteiger partial charge in [-0.15, -0.1) is 0 Å². The molecule has 0 radical (unpaired) electrons. The summed E-state index contributed by atoms with van der Waals surface area (Å²) in [5.74, 6) is 0.0620. The van der Waals surface area contributed by atoms with Crippen molar-refractivity contribution in [3.63, 3.8) is 0 Å². The molecule has 0 heterocycles. The van der Waals surface area contributed by atoms with Crippen molar-refractivity contribution in [2.75, 3.05) is 85.1 Å². The first-order chi connectivity index (χ1) is 17.2. The zero-order chi connectivity index (χ0) is 25.8. The number of carbonyl (C=O) groups excluding carboxylic acids is 1. The van der Waals surface area contributed by atoms with E-state index in [2.05, 4.69) is 31.9 Å². The maximum absolute atomic E-state index is 12.7. The second kappa shape index (κ2) is 27.7. The molecule has 2 unspecified atom stereocenters. The predicted molar refractivity (Wildman–Crippen MR) is 148 cm³/mol. The third kappa shape index (κ3) is 23.3. The Morgan fingerprint density at radius 3 is 1.66 bits per heavy atom. The van der Waals surface area contributed by atoms with Gasteiger partial charge in [0.1, 0.15) is 0 Å². The third-order valence-corrected chi connectivity index (χ3v) is 5.76. The van der Waals surface area contributed by atoms with Gasteiger partial charge >= 0.3 is 0 Å². The average molecular weight is 503 g/mol. The van der Waals surface area contributed by atoms with Crippen LogP contribution >= 0.6 is 0 Å². The van der Waals surface area contributed by atoms with Crippen LogP contribution in [-0.4, -0.2) is 103 Å². The minimum Gasteiger partial charge on any atom is -0.353 e. The van der Waals surface area contributed by atoms with E-state index in [4.69, 9.17) is 22.9 Å². The van der Waals surface area contributed by atoms with Crippen LogP contribution in [0.1, 0.15) is 51.4 Å². The fraction of sp³-hybridized carbons (Fsp3) is 0.958. The summed E-state index contributed by atoms with van der Waals surface area (Å²) in [6.07, 6.45) is 7.76. The van der Waals surface area contributed by atoms with E-state index in [0.29, 0.717) is 32.2 Å². The lowest BCUT2D eigenvalue weighted by Gasteiger charge is -2.21. The monoisotopic (exact) mass is 502 g/mol. The standard InChI is InChI=1S/C24H58N10O/c25-9-3-15-29-13-1-7-22(32-17-5-11-27)21-31-19-20-34-24(35)23(33-18-6-12-28)8-2-14-30-16-4-10-26/h22-23,29-33H,1-21,25-28H2,(H,34,35). The topological polar surface area (TPSA) is 193 Å². The fourth-order valence-corrected chi connectivity index (χ4v) is 3.67. The first kappa shape index (κ1) is 34.1. The van der Waals surface area contributed by atoms with E-state index in [0.717, 1.165) is 110 Å². The van der Waals surface area contributed by atoms with Gasteiger partial charge in [0.05, 0.1) is 6.04 Å².